The van der Waals surface area contributed by atoms with Crippen molar-refractivity contribution >= 4 is 11.8 Å². The van der Waals surface area contributed by atoms with Crippen molar-refractivity contribution in [3.8, 4) is 0 Å². The molecule has 0 aromatic carbocycles. The molecule has 1 aliphatic carbocycles. The summed E-state index contributed by atoms with van der Waals surface area (Å²) in [6.45, 7) is 1.95. The molecule has 1 atom stereocenters. The number of carbonyl (C=O) groups excluding carboxylic acids is 1. The smallest absolute Gasteiger partial charge is 0.328 e. The van der Waals surface area contributed by atoms with Crippen LogP contribution in [0.25, 0.3) is 0 Å². The van der Waals surface area contributed by atoms with Gasteiger partial charge in [0.15, 0.2) is 5.78 Å². The van der Waals surface area contributed by atoms with Crippen LogP contribution in [0.1, 0.15) is 19.8 Å². The molecule has 3 heteroatoms. The molecule has 60 valence electrons. The molecule has 11 heavy (non-hydrogen) atoms. The largest absolute Gasteiger partial charge is 0.478 e. The zero-order valence-electron chi connectivity index (χ0n) is 6.33. The monoisotopic (exact) mass is 154 g/mol. The van der Waals surface area contributed by atoms with Crippen LogP contribution in [0.15, 0.2) is 11.6 Å². The van der Waals surface area contributed by atoms with Gasteiger partial charge in [-0.05, 0) is 12.3 Å². The molecular formula is C8H10O3. The van der Waals surface area contributed by atoms with Crippen molar-refractivity contribution in [1.82, 2.24) is 0 Å². The Balaban J connectivity index is 2.75. The van der Waals surface area contributed by atoms with Gasteiger partial charge in [-0.15, -0.1) is 0 Å². The van der Waals surface area contributed by atoms with E-state index in [9.17, 15) is 9.59 Å². The highest BCUT2D eigenvalue weighted by atomic mass is 16.4. The second-order valence-electron chi connectivity index (χ2n) is 2.94. The third-order valence-electron chi connectivity index (χ3n) is 1.76. The number of ketones is 1. The lowest BCUT2D eigenvalue weighted by atomic mass is 10.1. The summed E-state index contributed by atoms with van der Waals surface area (Å²) in [7, 11) is 0. The van der Waals surface area contributed by atoms with E-state index in [4.69, 9.17) is 5.11 Å². The molecule has 0 amide bonds. The van der Waals surface area contributed by atoms with Gasteiger partial charge in [0.1, 0.15) is 0 Å². The Labute approximate surface area is 64.7 Å². The predicted molar refractivity (Wildman–Crippen MR) is 39.1 cm³/mol. The molecular weight excluding hydrogens is 144 g/mol. The van der Waals surface area contributed by atoms with E-state index in [0.29, 0.717) is 24.3 Å². The Morgan fingerprint density at radius 3 is 2.64 bits per heavy atom. The van der Waals surface area contributed by atoms with Crippen molar-refractivity contribution in [3.63, 3.8) is 0 Å². The van der Waals surface area contributed by atoms with Gasteiger partial charge < -0.3 is 5.11 Å². The van der Waals surface area contributed by atoms with Gasteiger partial charge in [-0.25, -0.2) is 4.79 Å². The Morgan fingerprint density at radius 1 is 1.64 bits per heavy atom. The molecule has 0 aromatic heterocycles. The molecule has 0 aliphatic heterocycles. The van der Waals surface area contributed by atoms with E-state index in [-0.39, 0.29) is 5.78 Å². The van der Waals surface area contributed by atoms with E-state index in [2.05, 4.69) is 0 Å². The fourth-order valence-corrected chi connectivity index (χ4v) is 1.30. The number of carbonyl (C=O) groups is 2. The van der Waals surface area contributed by atoms with Crippen molar-refractivity contribution in [1.29, 1.82) is 0 Å². The minimum atomic E-state index is -1.03. The number of rotatable bonds is 1. The molecule has 0 aromatic rings. The van der Waals surface area contributed by atoms with Crippen LogP contribution in [0.2, 0.25) is 0 Å². The molecule has 0 radical (unpaired) electrons. The first-order chi connectivity index (χ1) is 5.09. The molecule has 0 saturated heterocycles. The molecule has 1 aliphatic rings. The standard InChI is InChI=1S/C8H10O3/c1-5-2-6(4-8(10)11)7(9)3-5/h4-5H,2-3H2,1H3,(H,10,11)/b6-4+. The van der Waals surface area contributed by atoms with Crippen molar-refractivity contribution < 1.29 is 14.7 Å². The minimum Gasteiger partial charge on any atom is -0.478 e. The van der Waals surface area contributed by atoms with E-state index in [1.165, 1.54) is 0 Å². The maximum Gasteiger partial charge on any atom is 0.328 e. The molecule has 1 unspecified atom stereocenters. The number of hydrogen-bond acceptors (Lipinski definition) is 2. The topological polar surface area (TPSA) is 54.4 Å². The lowest BCUT2D eigenvalue weighted by molar-refractivity contribution is -0.131. The van der Waals surface area contributed by atoms with Crippen LogP contribution >= 0.6 is 0 Å². The third kappa shape index (κ3) is 1.90. The first-order valence-corrected chi connectivity index (χ1v) is 3.56. The van der Waals surface area contributed by atoms with Crippen LogP contribution in [-0.4, -0.2) is 16.9 Å². The Kier molecular flexibility index (Phi) is 2.08. The van der Waals surface area contributed by atoms with Crippen LogP contribution in [0.3, 0.4) is 0 Å². The van der Waals surface area contributed by atoms with Crippen LogP contribution < -0.4 is 0 Å². The number of hydrogen-bond donors (Lipinski definition) is 1. The maximum absolute atomic E-state index is 11.0. The van der Waals surface area contributed by atoms with Gasteiger partial charge >= 0.3 is 5.97 Å². The quantitative estimate of drug-likeness (QED) is 0.573. The van der Waals surface area contributed by atoms with Gasteiger partial charge in [0.2, 0.25) is 0 Å². The van der Waals surface area contributed by atoms with Gasteiger partial charge in [0.05, 0.1) is 0 Å². The molecule has 0 spiro atoms. The molecule has 0 heterocycles. The molecule has 3 nitrogen and oxygen atoms in total. The number of carboxylic acid groups (broad SMARTS) is 1. The fraction of sp³-hybridized carbons (Fsp3) is 0.500. The second-order valence-corrected chi connectivity index (χ2v) is 2.94. The summed E-state index contributed by atoms with van der Waals surface area (Å²) < 4.78 is 0. The van der Waals surface area contributed by atoms with E-state index >= 15 is 0 Å². The molecule has 1 rings (SSSR count). The third-order valence-corrected chi connectivity index (χ3v) is 1.76. The zero-order chi connectivity index (χ0) is 8.43. The summed E-state index contributed by atoms with van der Waals surface area (Å²) in [5.41, 5.74) is 0.463. The maximum atomic E-state index is 11.0. The molecule has 1 fully saturated rings. The Hall–Kier alpha value is -1.12. The van der Waals surface area contributed by atoms with E-state index in [0.717, 1.165) is 6.08 Å². The summed E-state index contributed by atoms with van der Waals surface area (Å²) in [5.74, 6) is -0.726. The van der Waals surface area contributed by atoms with Gasteiger partial charge in [0.25, 0.3) is 0 Å². The molecule has 1 saturated carbocycles. The Bertz CT molecular complexity index is 227. The van der Waals surface area contributed by atoms with Gasteiger partial charge in [-0.1, -0.05) is 6.92 Å². The van der Waals surface area contributed by atoms with Crippen LogP contribution in [0.5, 0.6) is 0 Å². The summed E-state index contributed by atoms with van der Waals surface area (Å²) >= 11 is 0. The zero-order valence-corrected chi connectivity index (χ0v) is 6.33. The second kappa shape index (κ2) is 2.86. The van der Waals surface area contributed by atoms with Crippen LogP contribution in [-0.2, 0) is 9.59 Å². The first kappa shape index (κ1) is 7.98. The van der Waals surface area contributed by atoms with Gasteiger partial charge in [-0.2, -0.15) is 0 Å². The van der Waals surface area contributed by atoms with Crippen LogP contribution in [0, 0.1) is 5.92 Å². The highest BCUT2D eigenvalue weighted by Gasteiger charge is 2.24. The van der Waals surface area contributed by atoms with Crippen molar-refractivity contribution in [3.05, 3.63) is 11.6 Å². The average Bonchev–Trinajstić information content (AvgIpc) is 2.09. The van der Waals surface area contributed by atoms with Crippen molar-refractivity contribution in [2.24, 2.45) is 5.92 Å². The minimum absolute atomic E-state index is 0.0140. The molecule has 1 N–H and O–H groups in total. The normalized spacial score (nSPS) is 27.9. The molecule has 0 bridgehead atoms. The lowest BCUT2D eigenvalue weighted by Gasteiger charge is -1.91. The van der Waals surface area contributed by atoms with Crippen molar-refractivity contribution in [2.45, 2.75) is 19.8 Å². The number of allylic oxidation sites excluding steroid dienone is 1. The number of aliphatic carboxylic acids is 1. The van der Waals surface area contributed by atoms with Crippen molar-refractivity contribution in [2.75, 3.05) is 0 Å². The van der Waals surface area contributed by atoms with Gasteiger partial charge in [0, 0.05) is 18.1 Å². The van der Waals surface area contributed by atoms with E-state index in [1.807, 2.05) is 6.92 Å². The first-order valence-electron chi connectivity index (χ1n) is 3.56. The number of Topliss-reactive ketones (excluding diaryl/α,β-unsaturated/α-hetero) is 1. The summed E-state index contributed by atoms with van der Waals surface area (Å²) in [6.07, 6.45) is 2.13. The summed E-state index contributed by atoms with van der Waals surface area (Å²) in [6, 6.07) is 0. The number of carboxylic acids is 1. The average molecular weight is 154 g/mol. The predicted octanol–water partition coefficient (Wildman–Crippen LogP) is 0.996. The fourth-order valence-electron chi connectivity index (χ4n) is 1.30. The summed E-state index contributed by atoms with van der Waals surface area (Å²) in [5, 5.41) is 8.35. The van der Waals surface area contributed by atoms with Gasteiger partial charge in [-0.3, -0.25) is 4.79 Å². The highest BCUT2D eigenvalue weighted by Crippen LogP contribution is 2.25. The van der Waals surface area contributed by atoms with Crippen LogP contribution in [0.4, 0.5) is 0 Å². The highest BCUT2D eigenvalue weighted by molar-refractivity contribution is 6.02. The SMILES string of the molecule is CC1CC(=O)/C(=C/C(=O)O)C1. The van der Waals surface area contributed by atoms with E-state index < -0.39 is 5.97 Å². The Morgan fingerprint density at radius 2 is 2.27 bits per heavy atom. The lowest BCUT2D eigenvalue weighted by Crippen LogP contribution is -1.96. The van der Waals surface area contributed by atoms with E-state index in [1.54, 1.807) is 0 Å². The summed E-state index contributed by atoms with van der Waals surface area (Å²) in [4.78, 5) is 21.2.